The topological polar surface area (TPSA) is 75.4 Å². The fourth-order valence-corrected chi connectivity index (χ4v) is 3.45. The van der Waals surface area contributed by atoms with Gasteiger partial charge in [-0.15, -0.1) is 0 Å². The van der Waals surface area contributed by atoms with Crippen LogP contribution in [-0.4, -0.2) is 49.0 Å². The smallest absolute Gasteiger partial charge is 0.254 e. The van der Waals surface area contributed by atoms with Crippen LogP contribution in [0.2, 0.25) is 0 Å². The predicted molar refractivity (Wildman–Crippen MR) is 93.0 cm³/mol. The molecule has 1 saturated heterocycles. The normalized spacial score (nSPS) is 20.4. The first-order valence-electron chi connectivity index (χ1n) is 8.60. The zero-order valence-electron chi connectivity index (χ0n) is 13.7. The van der Waals surface area contributed by atoms with Crippen LogP contribution in [0.15, 0.2) is 42.7 Å². The summed E-state index contributed by atoms with van der Waals surface area (Å²) in [6.45, 7) is 0.753. The minimum atomic E-state index is 0.0894. The standard InChI is InChI=1S/C18H18N6O/c25-17-8-13(10-23(17)14-6-7-14)21-16-9-15(12-4-2-1-3-5-12)22-18-19-11-20-24(16)18/h1-5,9,11,13-14,21H,6-8,10H2. The van der Waals surface area contributed by atoms with Crippen molar-refractivity contribution in [1.29, 1.82) is 0 Å². The summed E-state index contributed by atoms with van der Waals surface area (Å²) >= 11 is 0. The minimum Gasteiger partial charge on any atom is -0.365 e. The van der Waals surface area contributed by atoms with Crippen molar-refractivity contribution < 1.29 is 4.79 Å². The second-order valence-corrected chi connectivity index (χ2v) is 6.69. The molecule has 1 atom stereocenters. The quantitative estimate of drug-likeness (QED) is 0.789. The third-order valence-corrected chi connectivity index (χ3v) is 4.82. The summed E-state index contributed by atoms with van der Waals surface area (Å²) in [6.07, 6.45) is 4.30. The van der Waals surface area contributed by atoms with Gasteiger partial charge in [-0.25, -0.2) is 4.98 Å². The molecule has 3 heterocycles. The third kappa shape index (κ3) is 2.61. The molecule has 1 aliphatic heterocycles. The monoisotopic (exact) mass is 334 g/mol. The Morgan fingerprint density at radius 1 is 1.16 bits per heavy atom. The molecule has 25 heavy (non-hydrogen) atoms. The molecule has 7 nitrogen and oxygen atoms in total. The van der Waals surface area contributed by atoms with Crippen LogP contribution in [0.3, 0.4) is 0 Å². The maximum absolute atomic E-state index is 12.2. The average Bonchev–Trinajstić information content (AvgIpc) is 3.24. The fraction of sp³-hybridized carbons (Fsp3) is 0.333. The first-order valence-corrected chi connectivity index (χ1v) is 8.60. The number of benzene rings is 1. The second kappa shape index (κ2) is 5.54. The highest BCUT2D eigenvalue weighted by Gasteiger charge is 2.39. The number of nitrogens with zero attached hydrogens (tertiary/aromatic N) is 5. The Kier molecular flexibility index (Phi) is 3.19. The van der Waals surface area contributed by atoms with Crippen LogP contribution < -0.4 is 5.32 Å². The minimum absolute atomic E-state index is 0.0894. The zero-order valence-corrected chi connectivity index (χ0v) is 13.7. The molecule has 1 saturated carbocycles. The Hall–Kier alpha value is -2.96. The Morgan fingerprint density at radius 3 is 2.80 bits per heavy atom. The molecule has 2 aromatic heterocycles. The van der Waals surface area contributed by atoms with E-state index in [9.17, 15) is 4.79 Å². The van der Waals surface area contributed by atoms with E-state index in [0.717, 1.165) is 36.5 Å². The molecule has 1 amide bonds. The van der Waals surface area contributed by atoms with Crippen molar-refractivity contribution in [2.75, 3.05) is 11.9 Å². The third-order valence-electron chi connectivity index (χ3n) is 4.82. The highest BCUT2D eigenvalue weighted by atomic mass is 16.2. The molecule has 1 unspecified atom stereocenters. The molecule has 1 aromatic carbocycles. The number of anilines is 1. The van der Waals surface area contributed by atoms with E-state index >= 15 is 0 Å². The van der Waals surface area contributed by atoms with Crippen LogP contribution in [0.4, 0.5) is 5.82 Å². The van der Waals surface area contributed by atoms with Crippen LogP contribution in [-0.2, 0) is 4.79 Å². The van der Waals surface area contributed by atoms with Gasteiger partial charge in [-0.1, -0.05) is 30.3 Å². The molecular formula is C18H18N6O. The summed E-state index contributed by atoms with van der Waals surface area (Å²) in [5.74, 6) is 1.61. The van der Waals surface area contributed by atoms with Crippen molar-refractivity contribution in [2.24, 2.45) is 0 Å². The first kappa shape index (κ1) is 14.4. The highest BCUT2D eigenvalue weighted by molar-refractivity contribution is 5.80. The molecular weight excluding hydrogens is 316 g/mol. The van der Waals surface area contributed by atoms with Gasteiger partial charge in [0.15, 0.2) is 0 Å². The van der Waals surface area contributed by atoms with Gasteiger partial charge in [-0.05, 0) is 12.8 Å². The first-order chi connectivity index (χ1) is 12.3. The van der Waals surface area contributed by atoms with Crippen LogP contribution in [0.1, 0.15) is 19.3 Å². The van der Waals surface area contributed by atoms with Gasteiger partial charge in [0.25, 0.3) is 5.78 Å². The van der Waals surface area contributed by atoms with E-state index in [4.69, 9.17) is 0 Å². The summed E-state index contributed by atoms with van der Waals surface area (Å²) in [7, 11) is 0. The van der Waals surface area contributed by atoms with E-state index < -0.39 is 0 Å². The lowest BCUT2D eigenvalue weighted by atomic mass is 10.1. The SMILES string of the molecule is O=C1CC(Nc2cc(-c3ccccc3)nc3ncnn23)CN1C1CC1. The molecule has 126 valence electrons. The van der Waals surface area contributed by atoms with E-state index in [-0.39, 0.29) is 11.9 Å². The van der Waals surface area contributed by atoms with Gasteiger partial charge in [-0.2, -0.15) is 14.6 Å². The molecule has 3 aromatic rings. The maximum Gasteiger partial charge on any atom is 0.254 e. The zero-order chi connectivity index (χ0) is 16.8. The fourth-order valence-electron chi connectivity index (χ4n) is 3.45. The Bertz CT molecular complexity index is 933. The molecule has 0 bridgehead atoms. The Morgan fingerprint density at radius 2 is 2.00 bits per heavy atom. The molecule has 1 aliphatic carbocycles. The summed E-state index contributed by atoms with van der Waals surface area (Å²) < 4.78 is 1.69. The summed E-state index contributed by atoms with van der Waals surface area (Å²) in [6, 6.07) is 12.5. The van der Waals surface area contributed by atoms with Crippen molar-refractivity contribution in [1.82, 2.24) is 24.5 Å². The van der Waals surface area contributed by atoms with E-state index in [0.29, 0.717) is 18.2 Å². The van der Waals surface area contributed by atoms with Crippen LogP contribution >= 0.6 is 0 Å². The molecule has 1 N–H and O–H groups in total. The lowest BCUT2D eigenvalue weighted by molar-refractivity contribution is -0.128. The van der Waals surface area contributed by atoms with Gasteiger partial charge in [0.05, 0.1) is 11.7 Å². The second-order valence-electron chi connectivity index (χ2n) is 6.69. The number of carbonyl (C=O) groups is 1. The molecule has 2 aliphatic rings. The molecule has 7 heteroatoms. The molecule has 2 fully saturated rings. The Labute approximate surface area is 144 Å². The number of likely N-dealkylation sites (tertiary alicyclic amines) is 1. The number of nitrogens with one attached hydrogen (secondary N) is 1. The highest BCUT2D eigenvalue weighted by Crippen LogP contribution is 2.31. The number of hydrogen-bond acceptors (Lipinski definition) is 5. The number of amides is 1. The largest absolute Gasteiger partial charge is 0.365 e. The van der Waals surface area contributed by atoms with Crippen molar-refractivity contribution >= 4 is 17.5 Å². The van der Waals surface area contributed by atoms with Gasteiger partial charge in [0.1, 0.15) is 12.1 Å². The summed E-state index contributed by atoms with van der Waals surface area (Å²) in [5, 5.41) is 7.74. The van der Waals surface area contributed by atoms with Crippen molar-refractivity contribution in [2.45, 2.75) is 31.3 Å². The lowest BCUT2D eigenvalue weighted by Crippen LogP contribution is -2.30. The van der Waals surface area contributed by atoms with Crippen LogP contribution in [0.25, 0.3) is 17.0 Å². The van der Waals surface area contributed by atoms with Crippen LogP contribution in [0, 0.1) is 0 Å². The van der Waals surface area contributed by atoms with Crippen molar-refractivity contribution in [3.8, 4) is 11.3 Å². The molecule has 0 radical (unpaired) electrons. The summed E-state index contributed by atoms with van der Waals surface area (Å²) in [5.41, 5.74) is 1.87. The van der Waals surface area contributed by atoms with Gasteiger partial charge < -0.3 is 10.2 Å². The lowest BCUT2D eigenvalue weighted by Gasteiger charge is -2.17. The van der Waals surface area contributed by atoms with Gasteiger partial charge >= 0.3 is 0 Å². The van der Waals surface area contributed by atoms with E-state index in [1.165, 1.54) is 6.33 Å². The summed E-state index contributed by atoms with van der Waals surface area (Å²) in [4.78, 5) is 23.0. The van der Waals surface area contributed by atoms with Crippen molar-refractivity contribution in [3.05, 3.63) is 42.7 Å². The van der Waals surface area contributed by atoms with E-state index in [1.54, 1.807) is 4.52 Å². The predicted octanol–water partition coefficient (Wildman–Crippen LogP) is 1.97. The maximum atomic E-state index is 12.2. The number of hydrogen-bond donors (Lipinski definition) is 1. The van der Waals surface area contributed by atoms with E-state index in [1.807, 2.05) is 41.3 Å². The average molecular weight is 334 g/mol. The van der Waals surface area contributed by atoms with Gasteiger partial charge in [0.2, 0.25) is 5.91 Å². The van der Waals surface area contributed by atoms with Gasteiger partial charge in [0, 0.05) is 30.6 Å². The van der Waals surface area contributed by atoms with Crippen molar-refractivity contribution in [3.63, 3.8) is 0 Å². The number of aromatic nitrogens is 4. The number of rotatable bonds is 4. The molecule has 5 rings (SSSR count). The number of fused-ring (bicyclic) bond motifs is 1. The van der Waals surface area contributed by atoms with Gasteiger partial charge in [-0.3, -0.25) is 4.79 Å². The molecule has 0 spiro atoms. The van der Waals surface area contributed by atoms with E-state index in [2.05, 4.69) is 20.4 Å². The van der Waals surface area contributed by atoms with Crippen LogP contribution in [0.5, 0.6) is 0 Å². The Balaban J connectivity index is 1.48. The number of carbonyl (C=O) groups excluding carboxylic acids is 1.